The molecule has 0 aliphatic heterocycles. The Bertz CT molecular complexity index is 224. The van der Waals surface area contributed by atoms with Gasteiger partial charge in [0.05, 0.1) is 7.11 Å². The minimum atomic E-state index is -1.68. The maximum atomic E-state index is 11.6. The number of unbranched alkanes of at least 4 members (excludes halogenated alkanes) is 5. The van der Waals surface area contributed by atoms with Gasteiger partial charge in [0.25, 0.3) is 0 Å². The predicted molar refractivity (Wildman–Crippen MR) is 78.2 cm³/mol. The molecule has 0 aromatic heterocycles. The van der Waals surface area contributed by atoms with Gasteiger partial charge in [-0.15, -0.1) is 0 Å². The molecule has 0 heterocycles. The van der Waals surface area contributed by atoms with Crippen LogP contribution in [0.1, 0.15) is 51.9 Å². The zero-order chi connectivity index (χ0) is 14.0. The van der Waals surface area contributed by atoms with E-state index in [-0.39, 0.29) is 12.1 Å². The van der Waals surface area contributed by atoms with Crippen molar-refractivity contribution in [3.05, 3.63) is 0 Å². The van der Waals surface area contributed by atoms with Gasteiger partial charge in [-0.2, -0.15) is 0 Å². The third-order valence-corrected chi connectivity index (χ3v) is 3.77. The van der Waals surface area contributed by atoms with E-state index in [1.807, 2.05) is 0 Å². The first-order valence-electron chi connectivity index (χ1n) is 7.16. The van der Waals surface area contributed by atoms with Crippen LogP contribution in [0.5, 0.6) is 0 Å². The summed E-state index contributed by atoms with van der Waals surface area (Å²) in [4.78, 5) is 11.6. The van der Waals surface area contributed by atoms with Crippen molar-refractivity contribution in [1.29, 1.82) is 0 Å². The zero-order valence-electron chi connectivity index (χ0n) is 12.8. The summed E-state index contributed by atoms with van der Waals surface area (Å²) >= 11 is 0. The fourth-order valence-electron chi connectivity index (χ4n) is 1.89. The standard InChI is InChI=1S/C14H30O3Si/c1-6-7-8-9-10-11-12-13(14(15)16-2)17-18(3,4)5/h13H,6-12H2,1-5H3. The van der Waals surface area contributed by atoms with E-state index in [9.17, 15) is 4.79 Å². The van der Waals surface area contributed by atoms with Gasteiger partial charge < -0.3 is 9.16 Å². The van der Waals surface area contributed by atoms with Crippen molar-refractivity contribution in [2.24, 2.45) is 0 Å². The van der Waals surface area contributed by atoms with Crippen LogP contribution in [-0.4, -0.2) is 27.5 Å². The average Bonchev–Trinajstić information content (AvgIpc) is 2.29. The van der Waals surface area contributed by atoms with Gasteiger partial charge in [0.2, 0.25) is 0 Å². The Morgan fingerprint density at radius 1 is 1.06 bits per heavy atom. The van der Waals surface area contributed by atoms with Gasteiger partial charge in [0.1, 0.15) is 6.10 Å². The van der Waals surface area contributed by atoms with Crippen LogP contribution >= 0.6 is 0 Å². The van der Waals surface area contributed by atoms with Crippen molar-refractivity contribution in [2.45, 2.75) is 77.6 Å². The first-order chi connectivity index (χ1) is 8.40. The molecule has 3 nitrogen and oxygen atoms in total. The van der Waals surface area contributed by atoms with Crippen LogP contribution in [0.25, 0.3) is 0 Å². The highest BCUT2D eigenvalue weighted by atomic mass is 28.4. The molecule has 108 valence electrons. The molecule has 0 aliphatic carbocycles. The summed E-state index contributed by atoms with van der Waals surface area (Å²) in [5.41, 5.74) is 0. The van der Waals surface area contributed by atoms with Crippen LogP contribution in [0.3, 0.4) is 0 Å². The van der Waals surface area contributed by atoms with Crippen LogP contribution in [0.15, 0.2) is 0 Å². The average molecular weight is 274 g/mol. The Balaban J connectivity index is 3.91. The van der Waals surface area contributed by atoms with Gasteiger partial charge in [-0.3, -0.25) is 0 Å². The lowest BCUT2D eigenvalue weighted by atomic mass is 10.1. The van der Waals surface area contributed by atoms with Crippen LogP contribution in [-0.2, 0) is 14.0 Å². The van der Waals surface area contributed by atoms with Gasteiger partial charge in [0.15, 0.2) is 8.32 Å². The number of methoxy groups -OCH3 is 1. The van der Waals surface area contributed by atoms with Gasteiger partial charge in [-0.1, -0.05) is 45.4 Å². The highest BCUT2D eigenvalue weighted by Crippen LogP contribution is 2.15. The summed E-state index contributed by atoms with van der Waals surface area (Å²) < 4.78 is 10.7. The molecule has 18 heavy (non-hydrogen) atoms. The summed E-state index contributed by atoms with van der Waals surface area (Å²) in [6, 6.07) is 0. The summed E-state index contributed by atoms with van der Waals surface area (Å²) in [5.74, 6) is -0.217. The van der Waals surface area contributed by atoms with Crippen LogP contribution < -0.4 is 0 Å². The molecule has 0 aromatic carbocycles. The molecule has 1 unspecified atom stereocenters. The maximum absolute atomic E-state index is 11.6. The molecule has 0 fully saturated rings. The number of ether oxygens (including phenoxy) is 1. The van der Waals surface area contributed by atoms with E-state index < -0.39 is 8.32 Å². The first kappa shape index (κ1) is 17.6. The molecular weight excluding hydrogens is 244 g/mol. The topological polar surface area (TPSA) is 35.5 Å². The van der Waals surface area contributed by atoms with Crippen molar-refractivity contribution in [2.75, 3.05) is 7.11 Å². The largest absolute Gasteiger partial charge is 0.467 e. The van der Waals surface area contributed by atoms with Crippen molar-refractivity contribution in [1.82, 2.24) is 0 Å². The van der Waals surface area contributed by atoms with Crippen molar-refractivity contribution < 1.29 is 14.0 Å². The molecule has 0 N–H and O–H groups in total. The van der Waals surface area contributed by atoms with Crippen LogP contribution in [0, 0.1) is 0 Å². The molecule has 0 saturated heterocycles. The molecule has 0 rings (SSSR count). The number of hydrogen-bond acceptors (Lipinski definition) is 3. The fourth-order valence-corrected chi connectivity index (χ4v) is 2.96. The van der Waals surface area contributed by atoms with Crippen LogP contribution in [0.4, 0.5) is 0 Å². The summed E-state index contributed by atoms with van der Waals surface area (Å²) in [6.07, 6.45) is 7.81. The lowest BCUT2D eigenvalue weighted by molar-refractivity contribution is -0.149. The van der Waals surface area contributed by atoms with E-state index in [1.165, 1.54) is 39.2 Å². The SMILES string of the molecule is CCCCCCCCC(O[Si](C)(C)C)C(=O)OC. The van der Waals surface area contributed by atoms with E-state index >= 15 is 0 Å². The summed E-state index contributed by atoms with van der Waals surface area (Å²) in [5, 5.41) is 0. The lowest BCUT2D eigenvalue weighted by Gasteiger charge is -2.24. The fraction of sp³-hybridized carbons (Fsp3) is 0.929. The molecule has 0 saturated carbocycles. The van der Waals surface area contributed by atoms with Gasteiger partial charge in [0, 0.05) is 0 Å². The van der Waals surface area contributed by atoms with Gasteiger partial charge >= 0.3 is 5.97 Å². The number of esters is 1. The molecule has 0 aromatic rings. The van der Waals surface area contributed by atoms with Crippen molar-refractivity contribution in [3.63, 3.8) is 0 Å². The smallest absolute Gasteiger partial charge is 0.333 e. The second-order valence-electron chi connectivity index (χ2n) is 5.80. The molecular formula is C14H30O3Si. The van der Waals surface area contributed by atoms with Gasteiger partial charge in [-0.05, 0) is 26.1 Å². The number of hydrogen-bond donors (Lipinski definition) is 0. The third kappa shape index (κ3) is 9.65. The molecule has 0 spiro atoms. The maximum Gasteiger partial charge on any atom is 0.333 e. The number of carbonyl (C=O) groups excluding carboxylic acids is 1. The minimum absolute atomic E-state index is 0.217. The summed E-state index contributed by atoms with van der Waals surface area (Å²) in [7, 11) is -0.247. The highest BCUT2D eigenvalue weighted by Gasteiger charge is 2.26. The second-order valence-corrected chi connectivity index (χ2v) is 10.3. The Labute approximate surface area is 113 Å². The molecule has 4 heteroatoms. The van der Waals surface area contributed by atoms with E-state index in [4.69, 9.17) is 9.16 Å². The molecule has 0 bridgehead atoms. The molecule has 0 amide bonds. The van der Waals surface area contributed by atoms with E-state index in [0.717, 1.165) is 12.8 Å². The lowest BCUT2D eigenvalue weighted by Crippen LogP contribution is -2.37. The Morgan fingerprint density at radius 3 is 2.11 bits per heavy atom. The first-order valence-corrected chi connectivity index (χ1v) is 10.6. The number of carbonyl (C=O) groups is 1. The van der Waals surface area contributed by atoms with Crippen LogP contribution in [0.2, 0.25) is 19.6 Å². The summed E-state index contributed by atoms with van der Waals surface area (Å²) in [6.45, 7) is 8.52. The minimum Gasteiger partial charge on any atom is -0.467 e. The second kappa shape index (κ2) is 9.56. The predicted octanol–water partition coefficient (Wildman–Crippen LogP) is 4.13. The molecule has 0 radical (unpaired) electrons. The zero-order valence-corrected chi connectivity index (χ0v) is 13.8. The quantitative estimate of drug-likeness (QED) is 0.341. The Kier molecular flexibility index (Phi) is 9.37. The van der Waals surface area contributed by atoms with Crippen molar-refractivity contribution >= 4 is 14.3 Å². The van der Waals surface area contributed by atoms with E-state index in [1.54, 1.807) is 0 Å². The normalized spacial score (nSPS) is 13.4. The Morgan fingerprint density at radius 2 is 1.61 bits per heavy atom. The highest BCUT2D eigenvalue weighted by molar-refractivity contribution is 6.69. The Hall–Kier alpha value is -0.353. The van der Waals surface area contributed by atoms with E-state index in [2.05, 4.69) is 26.6 Å². The van der Waals surface area contributed by atoms with Crippen molar-refractivity contribution in [3.8, 4) is 0 Å². The van der Waals surface area contributed by atoms with E-state index in [0.29, 0.717) is 0 Å². The molecule has 0 aliphatic rings. The van der Waals surface area contributed by atoms with Gasteiger partial charge in [-0.25, -0.2) is 4.79 Å². The number of rotatable bonds is 10. The molecule has 1 atom stereocenters. The third-order valence-electron chi connectivity index (χ3n) is 2.78. The monoisotopic (exact) mass is 274 g/mol.